The normalized spacial score (nSPS) is 14.9. The van der Waals surface area contributed by atoms with E-state index in [0.717, 1.165) is 33.3 Å². The van der Waals surface area contributed by atoms with Gasteiger partial charge in [-0.3, -0.25) is 14.5 Å². The highest BCUT2D eigenvalue weighted by molar-refractivity contribution is 8.08. The van der Waals surface area contributed by atoms with Gasteiger partial charge in [0.2, 0.25) is 0 Å². The van der Waals surface area contributed by atoms with Gasteiger partial charge >= 0.3 is 12.1 Å². The molecule has 0 radical (unpaired) electrons. The first-order valence-electron chi connectivity index (χ1n) is 10.3. The van der Waals surface area contributed by atoms with Crippen LogP contribution in [-0.2, 0) is 19.1 Å². The predicted molar refractivity (Wildman–Crippen MR) is 129 cm³/mol. The lowest BCUT2D eigenvalue weighted by Gasteiger charge is -2.25. The average Bonchev–Trinajstić information content (AvgIpc) is 2.98. The minimum absolute atomic E-state index is 0.133. The number of amides is 3. The molecule has 0 aliphatic carbocycles. The van der Waals surface area contributed by atoms with Crippen molar-refractivity contribution < 1.29 is 29.0 Å². The maximum atomic E-state index is 13.3. The first kappa shape index (κ1) is 25.4. The van der Waals surface area contributed by atoms with E-state index in [1.165, 1.54) is 0 Å². The summed E-state index contributed by atoms with van der Waals surface area (Å²) in [5.74, 6) is -2.88. The standard InChI is InChI=1S/C24H24N2O6S2/c1-24(2,3)32-23(31)25-14-17(22(29)30)26-20(27)18(33-15-10-6-4-7-11-15)19(21(26)28)34-16-12-8-5-9-13-16/h4-13,17H,14H2,1-3H3,(H,25,31)(H,29,30). The third-order valence-electron chi connectivity index (χ3n) is 4.39. The lowest BCUT2D eigenvalue weighted by molar-refractivity contribution is -0.153. The third kappa shape index (κ3) is 6.42. The van der Waals surface area contributed by atoms with Crippen LogP contribution in [0.25, 0.3) is 0 Å². The van der Waals surface area contributed by atoms with Crippen molar-refractivity contribution in [2.24, 2.45) is 0 Å². The number of carboxylic acids is 1. The molecule has 3 amide bonds. The molecule has 1 atom stereocenters. The summed E-state index contributed by atoms with van der Waals surface area (Å²) in [5, 5.41) is 12.1. The SMILES string of the molecule is CC(C)(C)OC(=O)NCC(C(=O)O)N1C(=O)C(Sc2ccccc2)=C(Sc2ccccc2)C1=O. The molecule has 0 fully saturated rings. The van der Waals surface area contributed by atoms with Gasteiger partial charge in [-0.1, -0.05) is 59.9 Å². The second-order valence-corrected chi connectivity index (χ2v) is 10.4. The summed E-state index contributed by atoms with van der Waals surface area (Å²) in [7, 11) is 0. The molecule has 2 aromatic rings. The molecule has 1 unspecified atom stereocenters. The highest BCUT2D eigenvalue weighted by atomic mass is 32.2. The van der Waals surface area contributed by atoms with Crippen LogP contribution in [0.15, 0.2) is 80.3 Å². The molecule has 0 aromatic heterocycles. The van der Waals surface area contributed by atoms with Gasteiger partial charge in [-0.05, 0) is 45.0 Å². The second kappa shape index (κ2) is 10.8. The van der Waals surface area contributed by atoms with Crippen LogP contribution in [0.1, 0.15) is 20.8 Å². The van der Waals surface area contributed by atoms with Crippen LogP contribution >= 0.6 is 23.5 Å². The number of carbonyl (C=O) groups is 4. The second-order valence-electron chi connectivity index (χ2n) is 8.21. The number of carboxylic acid groups (broad SMARTS) is 1. The van der Waals surface area contributed by atoms with Crippen molar-refractivity contribution in [1.82, 2.24) is 10.2 Å². The summed E-state index contributed by atoms with van der Waals surface area (Å²) in [6, 6.07) is 16.4. The van der Waals surface area contributed by atoms with E-state index in [1.807, 2.05) is 12.1 Å². The molecule has 0 saturated carbocycles. The lowest BCUT2D eigenvalue weighted by atomic mass is 10.2. The molecular weight excluding hydrogens is 476 g/mol. The Kier molecular flexibility index (Phi) is 8.06. The Morgan fingerprint density at radius 2 is 1.35 bits per heavy atom. The third-order valence-corrected chi connectivity index (χ3v) is 6.70. The van der Waals surface area contributed by atoms with Gasteiger partial charge in [0.25, 0.3) is 11.8 Å². The molecule has 2 aromatic carbocycles. The van der Waals surface area contributed by atoms with Crippen molar-refractivity contribution in [3.8, 4) is 0 Å². The summed E-state index contributed by atoms with van der Waals surface area (Å²) in [6.45, 7) is 4.50. The Morgan fingerprint density at radius 1 is 0.912 bits per heavy atom. The molecule has 34 heavy (non-hydrogen) atoms. The summed E-state index contributed by atoms with van der Waals surface area (Å²) < 4.78 is 5.13. The molecule has 178 valence electrons. The Balaban J connectivity index is 1.89. The van der Waals surface area contributed by atoms with Crippen molar-refractivity contribution in [1.29, 1.82) is 0 Å². The summed E-state index contributed by atoms with van der Waals surface area (Å²) in [6.07, 6.45) is -0.844. The highest BCUT2D eigenvalue weighted by Gasteiger charge is 2.45. The fourth-order valence-corrected chi connectivity index (χ4v) is 5.00. The summed E-state index contributed by atoms with van der Waals surface area (Å²) in [5.41, 5.74) is -0.789. The zero-order valence-electron chi connectivity index (χ0n) is 18.8. The molecule has 10 heteroatoms. The van der Waals surface area contributed by atoms with Crippen LogP contribution in [0.4, 0.5) is 4.79 Å². The van der Waals surface area contributed by atoms with Gasteiger partial charge in [-0.25, -0.2) is 9.59 Å². The molecule has 0 spiro atoms. The molecule has 1 aliphatic rings. The van der Waals surface area contributed by atoms with Crippen LogP contribution in [0.2, 0.25) is 0 Å². The first-order chi connectivity index (χ1) is 16.1. The smallest absolute Gasteiger partial charge is 0.407 e. The number of nitrogens with zero attached hydrogens (tertiary/aromatic N) is 1. The fourth-order valence-electron chi connectivity index (χ4n) is 2.96. The highest BCUT2D eigenvalue weighted by Crippen LogP contribution is 2.43. The van der Waals surface area contributed by atoms with E-state index in [-0.39, 0.29) is 9.81 Å². The number of carbonyl (C=O) groups excluding carboxylic acids is 3. The van der Waals surface area contributed by atoms with E-state index in [4.69, 9.17) is 4.74 Å². The zero-order chi connectivity index (χ0) is 24.9. The summed E-state index contributed by atoms with van der Waals surface area (Å²) >= 11 is 2.19. The topological polar surface area (TPSA) is 113 Å². The molecule has 1 aliphatic heterocycles. The molecule has 3 rings (SSSR count). The van der Waals surface area contributed by atoms with E-state index < -0.39 is 42.1 Å². The van der Waals surface area contributed by atoms with Gasteiger partial charge < -0.3 is 15.2 Å². The maximum absolute atomic E-state index is 13.3. The minimum Gasteiger partial charge on any atom is -0.480 e. The van der Waals surface area contributed by atoms with Gasteiger partial charge in [0.1, 0.15) is 5.60 Å². The monoisotopic (exact) mass is 500 g/mol. The Bertz CT molecular complexity index is 1050. The molecule has 0 saturated heterocycles. The molecule has 2 N–H and O–H groups in total. The molecular formula is C24H24N2O6S2. The Hall–Kier alpha value is -3.24. The number of alkyl carbamates (subject to hydrolysis) is 1. The van der Waals surface area contributed by atoms with Crippen LogP contribution in [0, 0.1) is 0 Å². The Labute approximate surface area is 205 Å². The van der Waals surface area contributed by atoms with E-state index in [9.17, 15) is 24.3 Å². The van der Waals surface area contributed by atoms with Crippen molar-refractivity contribution in [2.75, 3.05) is 6.54 Å². The maximum Gasteiger partial charge on any atom is 0.407 e. The molecule has 8 nitrogen and oxygen atoms in total. The van der Waals surface area contributed by atoms with Gasteiger partial charge in [0.05, 0.1) is 16.4 Å². The van der Waals surface area contributed by atoms with Crippen LogP contribution in [0.5, 0.6) is 0 Å². The number of nitrogens with one attached hydrogen (secondary N) is 1. The van der Waals surface area contributed by atoms with E-state index in [1.54, 1.807) is 69.3 Å². The van der Waals surface area contributed by atoms with Crippen molar-refractivity contribution >= 4 is 47.4 Å². The minimum atomic E-state index is -1.60. The number of ether oxygens (including phenoxy) is 1. The first-order valence-corrected chi connectivity index (χ1v) is 12.0. The number of aliphatic carboxylic acids is 1. The number of imide groups is 1. The number of hydrogen-bond acceptors (Lipinski definition) is 7. The fraction of sp³-hybridized carbons (Fsp3) is 0.250. The summed E-state index contributed by atoms with van der Waals surface area (Å²) in [4.78, 5) is 53.2. The van der Waals surface area contributed by atoms with Gasteiger partial charge in [0.15, 0.2) is 6.04 Å². The zero-order valence-corrected chi connectivity index (χ0v) is 20.4. The number of rotatable bonds is 8. The molecule has 0 bridgehead atoms. The van der Waals surface area contributed by atoms with Gasteiger partial charge in [-0.15, -0.1) is 0 Å². The van der Waals surface area contributed by atoms with Gasteiger partial charge in [-0.2, -0.15) is 0 Å². The van der Waals surface area contributed by atoms with Crippen LogP contribution in [-0.4, -0.2) is 52.1 Å². The predicted octanol–water partition coefficient (Wildman–Crippen LogP) is 4.13. The molecule has 1 heterocycles. The number of hydrogen-bond donors (Lipinski definition) is 2. The number of thioether (sulfide) groups is 2. The van der Waals surface area contributed by atoms with Crippen LogP contribution in [0.3, 0.4) is 0 Å². The Morgan fingerprint density at radius 3 is 1.74 bits per heavy atom. The van der Waals surface area contributed by atoms with Gasteiger partial charge in [0, 0.05) is 9.79 Å². The lowest BCUT2D eigenvalue weighted by Crippen LogP contribution is -2.52. The van der Waals surface area contributed by atoms with E-state index in [0.29, 0.717) is 4.90 Å². The largest absolute Gasteiger partial charge is 0.480 e. The van der Waals surface area contributed by atoms with Crippen molar-refractivity contribution in [3.05, 3.63) is 70.5 Å². The van der Waals surface area contributed by atoms with Crippen molar-refractivity contribution in [2.45, 2.75) is 42.2 Å². The quantitative estimate of drug-likeness (QED) is 0.520. The number of benzene rings is 2. The van der Waals surface area contributed by atoms with Crippen LogP contribution < -0.4 is 5.32 Å². The van der Waals surface area contributed by atoms with E-state index >= 15 is 0 Å². The van der Waals surface area contributed by atoms with Crippen molar-refractivity contribution in [3.63, 3.8) is 0 Å². The average molecular weight is 501 g/mol. The van der Waals surface area contributed by atoms with E-state index in [2.05, 4.69) is 5.32 Å².